The van der Waals surface area contributed by atoms with Crippen molar-refractivity contribution >= 4 is 22.4 Å². The monoisotopic (exact) mass is 268 g/mol. The highest BCUT2D eigenvalue weighted by atomic mass is 16.4. The minimum absolute atomic E-state index is 0.455. The molecule has 2 aromatic carbocycles. The number of fused-ring (bicyclic) bond motifs is 1. The van der Waals surface area contributed by atoms with Crippen molar-refractivity contribution < 1.29 is 9.90 Å². The van der Waals surface area contributed by atoms with Crippen LogP contribution < -0.4 is 5.32 Å². The molecule has 0 saturated heterocycles. The molecule has 102 valence electrons. The summed E-state index contributed by atoms with van der Waals surface area (Å²) in [5, 5.41) is 23.2. The molecule has 0 bridgehead atoms. The summed E-state index contributed by atoms with van der Waals surface area (Å²) in [6.07, 6.45) is 0.455. The molecule has 0 aromatic heterocycles. The van der Waals surface area contributed by atoms with Gasteiger partial charge in [-0.3, -0.25) is 0 Å². The van der Waals surface area contributed by atoms with Gasteiger partial charge in [-0.1, -0.05) is 31.2 Å². The van der Waals surface area contributed by atoms with Crippen molar-refractivity contribution in [1.82, 2.24) is 0 Å². The minimum Gasteiger partial charge on any atom is -0.480 e. The van der Waals surface area contributed by atoms with Crippen LogP contribution in [0, 0.1) is 11.3 Å². The molecule has 1 unspecified atom stereocenters. The largest absolute Gasteiger partial charge is 0.480 e. The number of nitrogens with zero attached hydrogens (tertiary/aromatic N) is 1. The molecule has 0 aliphatic carbocycles. The molecule has 0 spiro atoms. The Bertz CT molecular complexity index is 703. The van der Waals surface area contributed by atoms with Crippen molar-refractivity contribution in [3.8, 4) is 6.07 Å². The Labute approximate surface area is 117 Å². The molecule has 4 heteroatoms. The molecule has 0 heterocycles. The summed E-state index contributed by atoms with van der Waals surface area (Å²) >= 11 is 0. The lowest BCUT2D eigenvalue weighted by Crippen LogP contribution is -2.42. The van der Waals surface area contributed by atoms with Crippen LogP contribution in [0.15, 0.2) is 36.4 Å². The van der Waals surface area contributed by atoms with E-state index in [9.17, 15) is 9.90 Å². The Hall–Kier alpha value is -2.54. The molecule has 0 aliphatic rings. The van der Waals surface area contributed by atoms with Crippen molar-refractivity contribution in [2.45, 2.75) is 25.8 Å². The van der Waals surface area contributed by atoms with Crippen molar-refractivity contribution in [3.05, 3.63) is 42.0 Å². The molecule has 2 rings (SSSR count). The van der Waals surface area contributed by atoms with E-state index in [0.717, 1.165) is 16.5 Å². The summed E-state index contributed by atoms with van der Waals surface area (Å²) in [6, 6.07) is 13.1. The number of carbonyl (C=O) groups is 1. The van der Waals surface area contributed by atoms with Crippen molar-refractivity contribution in [3.63, 3.8) is 0 Å². The summed E-state index contributed by atoms with van der Waals surface area (Å²) in [5.74, 6) is -0.895. The zero-order valence-electron chi connectivity index (χ0n) is 11.5. The molecule has 1 atom stereocenters. The van der Waals surface area contributed by atoms with Crippen LogP contribution in [0.5, 0.6) is 0 Å². The number of carboxylic acids is 1. The van der Waals surface area contributed by atoms with Crippen LogP contribution >= 0.6 is 0 Å². The van der Waals surface area contributed by atoms with Crippen molar-refractivity contribution in [2.24, 2.45) is 0 Å². The highest BCUT2D eigenvalue weighted by molar-refractivity contribution is 5.99. The van der Waals surface area contributed by atoms with E-state index in [1.54, 1.807) is 19.1 Å². The molecule has 0 fully saturated rings. The Morgan fingerprint density at radius 1 is 1.30 bits per heavy atom. The Kier molecular flexibility index (Phi) is 3.62. The van der Waals surface area contributed by atoms with Crippen molar-refractivity contribution in [1.29, 1.82) is 5.26 Å². The van der Waals surface area contributed by atoms with E-state index in [-0.39, 0.29) is 0 Å². The van der Waals surface area contributed by atoms with Gasteiger partial charge in [0.15, 0.2) is 0 Å². The van der Waals surface area contributed by atoms with Gasteiger partial charge in [0.1, 0.15) is 5.54 Å². The molecule has 4 nitrogen and oxygen atoms in total. The third kappa shape index (κ3) is 2.30. The van der Waals surface area contributed by atoms with Gasteiger partial charge >= 0.3 is 5.97 Å². The second kappa shape index (κ2) is 5.22. The fourth-order valence-corrected chi connectivity index (χ4v) is 2.10. The molecule has 0 amide bonds. The topological polar surface area (TPSA) is 73.1 Å². The predicted molar refractivity (Wildman–Crippen MR) is 78.6 cm³/mol. The number of aliphatic carboxylic acids is 1. The van der Waals surface area contributed by atoms with Gasteiger partial charge in [0.25, 0.3) is 0 Å². The van der Waals surface area contributed by atoms with E-state index >= 15 is 0 Å². The molecule has 0 saturated carbocycles. The zero-order valence-corrected chi connectivity index (χ0v) is 11.5. The third-order valence-electron chi connectivity index (χ3n) is 3.63. The quantitative estimate of drug-likeness (QED) is 0.891. The fraction of sp³-hybridized carbons (Fsp3) is 0.250. The maximum Gasteiger partial charge on any atom is 0.329 e. The van der Waals surface area contributed by atoms with E-state index in [1.165, 1.54) is 0 Å². The van der Waals surface area contributed by atoms with Gasteiger partial charge in [-0.25, -0.2) is 4.79 Å². The van der Waals surface area contributed by atoms with Gasteiger partial charge in [0.2, 0.25) is 0 Å². The summed E-state index contributed by atoms with van der Waals surface area (Å²) < 4.78 is 0. The first-order valence-corrected chi connectivity index (χ1v) is 6.45. The van der Waals surface area contributed by atoms with E-state index in [2.05, 4.69) is 11.4 Å². The van der Waals surface area contributed by atoms with Gasteiger partial charge in [-0.15, -0.1) is 0 Å². The Balaban J connectivity index is 2.57. The van der Waals surface area contributed by atoms with Crippen LogP contribution in [0.3, 0.4) is 0 Å². The third-order valence-corrected chi connectivity index (χ3v) is 3.63. The first-order chi connectivity index (χ1) is 9.51. The second-order valence-electron chi connectivity index (χ2n) is 4.93. The smallest absolute Gasteiger partial charge is 0.329 e. The lowest BCUT2D eigenvalue weighted by atomic mass is 9.96. The first-order valence-electron chi connectivity index (χ1n) is 6.45. The number of anilines is 1. The van der Waals surface area contributed by atoms with Crippen LogP contribution in [0.2, 0.25) is 0 Å². The number of nitrogens with one attached hydrogen (secondary N) is 1. The van der Waals surface area contributed by atoms with E-state index in [4.69, 9.17) is 5.26 Å². The fourth-order valence-electron chi connectivity index (χ4n) is 2.10. The summed E-state index contributed by atoms with van der Waals surface area (Å²) in [6.45, 7) is 3.48. The standard InChI is InChI=1S/C16H16N2O2/c1-3-16(2,15(19)20)18-14-9-8-11(10-17)12-6-4-5-7-13(12)14/h4-9,18H,3H2,1-2H3,(H,19,20). The average Bonchev–Trinajstić information content (AvgIpc) is 2.47. The van der Waals surface area contributed by atoms with Crippen molar-refractivity contribution in [2.75, 3.05) is 5.32 Å². The van der Waals surface area contributed by atoms with Crippen LogP contribution in [0.1, 0.15) is 25.8 Å². The van der Waals surface area contributed by atoms with E-state index in [0.29, 0.717) is 12.0 Å². The van der Waals surface area contributed by atoms with E-state index < -0.39 is 11.5 Å². The highest BCUT2D eigenvalue weighted by Crippen LogP contribution is 2.29. The Morgan fingerprint density at radius 2 is 1.95 bits per heavy atom. The van der Waals surface area contributed by atoms with Gasteiger partial charge < -0.3 is 10.4 Å². The number of nitriles is 1. The number of benzene rings is 2. The lowest BCUT2D eigenvalue weighted by Gasteiger charge is -2.26. The molecular formula is C16H16N2O2. The van der Waals surface area contributed by atoms with Gasteiger partial charge in [0, 0.05) is 16.5 Å². The minimum atomic E-state index is -1.03. The van der Waals surface area contributed by atoms with Gasteiger partial charge in [-0.05, 0) is 25.5 Å². The summed E-state index contributed by atoms with van der Waals surface area (Å²) in [4.78, 5) is 11.4. The van der Waals surface area contributed by atoms with Crippen LogP contribution in [0.4, 0.5) is 5.69 Å². The van der Waals surface area contributed by atoms with Crippen LogP contribution in [0.25, 0.3) is 10.8 Å². The first kappa shape index (κ1) is 13.9. The molecule has 0 aliphatic heterocycles. The SMILES string of the molecule is CCC(C)(Nc1ccc(C#N)c2ccccc12)C(=O)O. The number of rotatable bonds is 4. The van der Waals surface area contributed by atoms with Crippen LogP contribution in [-0.2, 0) is 4.79 Å². The maximum absolute atomic E-state index is 11.4. The number of hydrogen-bond donors (Lipinski definition) is 2. The average molecular weight is 268 g/mol. The predicted octanol–water partition coefficient (Wildman–Crippen LogP) is 3.38. The number of hydrogen-bond acceptors (Lipinski definition) is 3. The normalized spacial score (nSPS) is 13.4. The lowest BCUT2D eigenvalue weighted by molar-refractivity contribution is -0.141. The molecule has 20 heavy (non-hydrogen) atoms. The highest BCUT2D eigenvalue weighted by Gasteiger charge is 2.31. The van der Waals surface area contributed by atoms with E-state index in [1.807, 2.05) is 31.2 Å². The molecule has 2 aromatic rings. The van der Waals surface area contributed by atoms with Crippen LogP contribution in [-0.4, -0.2) is 16.6 Å². The molecule has 0 radical (unpaired) electrons. The number of carboxylic acid groups (broad SMARTS) is 1. The zero-order chi connectivity index (χ0) is 14.8. The molecular weight excluding hydrogens is 252 g/mol. The van der Waals surface area contributed by atoms with Gasteiger partial charge in [-0.2, -0.15) is 5.26 Å². The van der Waals surface area contributed by atoms with Gasteiger partial charge in [0.05, 0.1) is 11.6 Å². The Morgan fingerprint density at radius 3 is 2.50 bits per heavy atom. The summed E-state index contributed by atoms with van der Waals surface area (Å²) in [7, 11) is 0. The molecule has 2 N–H and O–H groups in total. The maximum atomic E-state index is 11.4. The summed E-state index contributed by atoms with van der Waals surface area (Å²) in [5.41, 5.74) is 0.280. The second-order valence-corrected chi connectivity index (χ2v) is 4.93.